The Labute approximate surface area is 100 Å². The van der Waals surface area contributed by atoms with E-state index >= 15 is 0 Å². The summed E-state index contributed by atoms with van der Waals surface area (Å²) < 4.78 is 10.3. The first-order valence-corrected chi connectivity index (χ1v) is 5.25. The Bertz CT molecular complexity index is 392. The molecule has 0 aliphatic rings. The van der Waals surface area contributed by atoms with Crippen LogP contribution in [0.25, 0.3) is 0 Å². The number of hydrogen-bond donors (Lipinski definition) is 2. The van der Waals surface area contributed by atoms with Gasteiger partial charge in [-0.1, -0.05) is 0 Å². The van der Waals surface area contributed by atoms with Crippen LogP contribution in [0.5, 0.6) is 11.5 Å². The van der Waals surface area contributed by atoms with E-state index in [2.05, 4.69) is 0 Å². The summed E-state index contributed by atoms with van der Waals surface area (Å²) in [6.45, 7) is 0. The van der Waals surface area contributed by atoms with Gasteiger partial charge in [-0.15, -0.1) is 0 Å². The van der Waals surface area contributed by atoms with E-state index in [1.54, 1.807) is 32.4 Å². The summed E-state index contributed by atoms with van der Waals surface area (Å²) in [5.74, 6) is 0.481. The molecule has 0 spiro atoms. The monoisotopic (exact) mass is 239 g/mol. The van der Waals surface area contributed by atoms with E-state index < -0.39 is 12.0 Å². The molecule has 1 atom stereocenters. The normalized spacial score (nSPS) is 11.9. The molecule has 5 heteroatoms. The van der Waals surface area contributed by atoms with Gasteiger partial charge in [0.25, 0.3) is 0 Å². The summed E-state index contributed by atoms with van der Waals surface area (Å²) in [5.41, 5.74) is 6.59. The van der Waals surface area contributed by atoms with Crippen molar-refractivity contribution in [2.45, 2.75) is 18.9 Å². The fourth-order valence-corrected chi connectivity index (χ4v) is 1.62. The number of hydrogen-bond acceptors (Lipinski definition) is 4. The SMILES string of the molecule is COc1ccc(OC)c(CC(N)CC(=O)O)c1. The van der Waals surface area contributed by atoms with E-state index in [9.17, 15) is 4.79 Å². The molecule has 0 bridgehead atoms. The average Bonchev–Trinajstić information content (AvgIpc) is 2.27. The van der Waals surface area contributed by atoms with Crippen LogP contribution in [-0.4, -0.2) is 31.3 Å². The van der Waals surface area contributed by atoms with Gasteiger partial charge in [-0.2, -0.15) is 0 Å². The van der Waals surface area contributed by atoms with Crippen LogP contribution in [0.1, 0.15) is 12.0 Å². The maximum absolute atomic E-state index is 10.5. The highest BCUT2D eigenvalue weighted by atomic mass is 16.5. The number of carbonyl (C=O) groups is 1. The summed E-state index contributed by atoms with van der Waals surface area (Å²) in [7, 11) is 3.14. The summed E-state index contributed by atoms with van der Waals surface area (Å²) in [6, 6.07) is 4.93. The van der Waals surface area contributed by atoms with Crippen molar-refractivity contribution < 1.29 is 19.4 Å². The van der Waals surface area contributed by atoms with Gasteiger partial charge in [0.05, 0.1) is 20.6 Å². The van der Waals surface area contributed by atoms with Gasteiger partial charge in [-0.25, -0.2) is 0 Å². The largest absolute Gasteiger partial charge is 0.497 e. The second-order valence-electron chi connectivity index (χ2n) is 3.74. The van der Waals surface area contributed by atoms with Crippen molar-refractivity contribution in [3.05, 3.63) is 23.8 Å². The predicted molar refractivity (Wildman–Crippen MR) is 63.5 cm³/mol. The quantitative estimate of drug-likeness (QED) is 0.775. The number of benzene rings is 1. The van der Waals surface area contributed by atoms with Gasteiger partial charge < -0.3 is 20.3 Å². The number of carboxylic acid groups (broad SMARTS) is 1. The number of nitrogens with two attached hydrogens (primary N) is 1. The highest BCUT2D eigenvalue weighted by molar-refractivity contribution is 5.67. The molecule has 0 radical (unpaired) electrons. The Hall–Kier alpha value is -1.75. The highest BCUT2D eigenvalue weighted by Gasteiger charge is 2.12. The first kappa shape index (κ1) is 13.3. The Morgan fingerprint density at radius 3 is 2.65 bits per heavy atom. The van der Waals surface area contributed by atoms with Gasteiger partial charge in [0.15, 0.2) is 0 Å². The Morgan fingerprint density at radius 1 is 1.41 bits per heavy atom. The molecule has 0 saturated heterocycles. The van der Waals surface area contributed by atoms with Crippen LogP contribution < -0.4 is 15.2 Å². The van der Waals surface area contributed by atoms with Crippen molar-refractivity contribution in [1.82, 2.24) is 0 Å². The van der Waals surface area contributed by atoms with Crippen molar-refractivity contribution in [1.29, 1.82) is 0 Å². The Balaban J connectivity index is 2.83. The first-order chi connectivity index (χ1) is 8.06. The lowest BCUT2D eigenvalue weighted by Gasteiger charge is -2.13. The lowest BCUT2D eigenvalue weighted by atomic mass is 10.0. The minimum atomic E-state index is -0.903. The maximum Gasteiger partial charge on any atom is 0.304 e. The van der Waals surface area contributed by atoms with Crippen LogP contribution in [0.15, 0.2) is 18.2 Å². The molecule has 0 heterocycles. The Kier molecular flexibility index (Phi) is 4.78. The van der Waals surface area contributed by atoms with E-state index in [-0.39, 0.29) is 6.42 Å². The molecule has 0 saturated carbocycles. The third-order valence-corrected chi connectivity index (χ3v) is 2.41. The summed E-state index contributed by atoms with van der Waals surface area (Å²) in [5, 5.41) is 8.65. The Morgan fingerprint density at radius 2 is 2.12 bits per heavy atom. The van der Waals surface area contributed by atoms with E-state index in [1.807, 2.05) is 0 Å². The lowest BCUT2D eigenvalue weighted by Crippen LogP contribution is -2.26. The van der Waals surface area contributed by atoms with Crippen LogP contribution in [0, 0.1) is 0 Å². The molecule has 94 valence electrons. The zero-order valence-electron chi connectivity index (χ0n) is 9.97. The molecule has 1 aromatic carbocycles. The van der Waals surface area contributed by atoms with Crippen molar-refractivity contribution >= 4 is 5.97 Å². The zero-order valence-corrected chi connectivity index (χ0v) is 9.97. The van der Waals surface area contributed by atoms with Gasteiger partial charge in [0.1, 0.15) is 11.5 Å². The number of rotatable bonds is 6. The number of carboxylic acids is 1. The molecule has 3 N–H and O–H groups in total. The van der Waals surface area contributed by atoms with Gasteiger partial charge in [-0.3, -0.25) is 4.79 Å². The molecule has 0 amide bonds. The van der Waals surface area contributed by atoms with Crippen LogP contribution in [0.4, 0.5) is 0 Å². The molecule has 1 rings (SSSR count). The predicted octanol–water partition coefficient (Wildman–Crippen LogP) is 1.05. The molecule has 0 aliphatic heterocycles. The molecule has 0 fully saturated rings. The molecule has 1 unspecified atom stereocenters. The second-order valence-corrected chi connectivity index (χ2v) is 3.74. The smallest absolute Gasteiger partial charge is 0.304 e. The molecular formula is C12H17NO4. The molecule has 0 aromatic heterocycles. The number of methoxy groups -OCH3 is 2. The topological polar surface area (TPSA) is 81.8 Å². The van der Waals surface area contributed by atoms with Crippen molar-refractivity contribution in [2.24, 2.45) is 5.73 Å². The van der Waals surface area contributed by atoms with E-state index in [0.29, 0.717) is 17.9 Å². The van der Waals surface area contributed by atoms with Gasteiger partial charge >= 0.3 is 5.97 Å². The molecule has 5 nitrogen and oxygen atoms in total. The highest BCUT2D eigenvalue weighted by Crippen LogP contribution is 2.25. The minimum Gasteiger partial charge on any atom is -0.497 e. The van der Waals surface area contributed by atoms with Gasteiger partial charge in [0, 0.05) is 6.04 Å². The molecule has 17 heavy (non-hydrogen) atoms. The van der Waals surface area contributed by atoms with Crippen LogP contribution in [0.3, 0.4) is 0 Å². The minimum absolute atomic E-state index is 0.0691. The number of aliphatic carboxylic acids is 1. The molecule has 0 aliphatic carbocycles. The first-order valence-electron chi connectivity index (χ1n) is 5.25. The van der Waals surface area contributed by atoms with E-state index in [0.717, 1.165) is 5.56 Å². The summed E-state index contributed by atoms with van der Waals surface area (Å²) in [6.07, 6.45) is 0.368. The second kappa shape index (κ2) is 6.10. The van der Waals surface area contributed by atoms with Crippen molar-refractivity contribution in [3.8, 4) is 11.5 Å². The third kappa shape index (κ3) is 3.96. The molecular weight excluding hydrogens is 222 g/mol. The molecule has 1 aromatic rings. The standard InChI is InChI=1S/C12H17NO4/c1-16-10-3-4-11(17-2)8(6-10)5-9(13)7-12(14)15/h3-4,6,9H,5,7,13H2,1-2H3,(H,14,15). The zero-order chi connectivity index (χ0) is 12.8. The van der Waals surface area contributed by atoms with Gasteiger partial charge in [-0.05, 0) is 30.2 Å². The van der Waals surface area contributed by atoms with Gasteiger partial charge in [0.2, 0.25) is 0 Å². The van der Waals surface area contributed by atoms with Crippen LogP contribution in [-0.2, 0) is 11.2 Å². The van der Waals surface area contributed by atoms with Crippen LogP contribution in [0.2, 0.25) is 0 Å². The van der Waals surface area contributed by atoms with Crippen LogP contribution >= 0.6 is 0 Å². The van der Waals surface area contributed by atoms with Crippen molar-refractivity contribution in [3.63, 3.8) is 0 Å². The average molecular weight is 239 g/mol. The number of ether oxygens (including phenoxy) is 2. The van der Waals surface area contributed by atoms with E-state index in [1.165, 1.54) is 0 Å². The fourth-order valence-electron chi connectivity index (χ4n) is 1.62. The lowest BCUT2D eigenvalue weighted by molar-refractivity contribution is -0.137. The van der Waals surface area contributed by atoms with E-state index in [4.69, 9.17) is 20.3 Å². The fraction of sp³-hybridized carbons (Fsp3) is 0.417. The summed E-state index contributed by atoms with van der Waals surface area (Å²) >= 11 is 0. The third-order valence-electron chi connectivity index (χ3n) is 2.41. The van der Waals surface area contributed by atoms with Crippen molar-refractivity contribution in [2.75, 3.05) is 14.2 Å². The maximum atomic E-state index is 10.5. The summed E-state index contributed by atoms with van der Waals surface area (Å²) in [4.78, 5) is 10.5.